The molecule has 0 saturated carbocycles. The van der Waals surface area contributed by atoms with Crippen LogP contribution < -0.4 is 0 Å². The summed E-state index contributed by atoms with van der Waals surface area (Å²) in [5.41, 5.74) is 0. The summed E-state index contributed by atoms with van der Waals surface area (Å²) in [5, 5.41) is 7.80. The van der Waals surface area contributed by atoms with Crippen LogP contribution in [0.2, 0.25) is 0 Å². The molecular weight excluding hydrogens is 222 g/mol. The van der Waals surface area contributed by atoms with Crippen molar-refractivity contribution >= 4 is 0 Å². The van der Waals surface area contributed by atoms with Gasteiger partial charge in [-0.05, 0) is 0 Å². The van der Waals surface area contributed by atoms with E-state index in [1.54, 1.807) is 0 Å². The lowest BCUT2D eigenvalue weighted by Crippen LogP contribution is -2.49. The maximum absolute atomic E-state index is 12.2. The Hall–Kier alpha value is -0.540. The summed E-state index contributed by atoms with van der Waals surface area (Å²) in [7, 11) is 0.189. The van der Waals surface area contributed by atoms with Gasteiger partial charge in [0.05, 0.1) is 0 Å². The third-order valence-electron chi connectivity index (χ3n) is 1.06. The average molecular weight is 228 g/mol. The third kappa shape index (κ3) is 3.00. The summed E-state index contributed by atoms with van der Waals surface area (Å²) in [6.07, 6.45) is -15.5. The Morgan fingerprint density at radius 3 is 1.71 bits per heavy atom. The van der Waals surface area contributed by atoms with Crippen molar-refractivity contribution in [1.29, 1.82) is 0 Å². The van der Waals surface area contributed by atoms with Gasteiger partial charge >= 0.3 is 18.3 Å². The minimum Gasteiger partial charge on any atom is -0.387 e. The maximum Gasteiger partial charge on any atom is 0.452 e. The number of aliphatic hydroxyl groups is 1. The Bertz CT molecular complexity index is 194. The van der Waals surface area contributed by atoms with E-state index in [1.807, 2.05) is 0 Å². The molecule has 0 heterocycles. The fourth-order valence-corrected chi connectivity index (χ4v) is 0.398. The van der Waals surface area contributed by atoms with Crippen molar-refractivity contribution in [1.82, 2.24) is 0 Å². The molecule has 0 fully saturated rings. The molecule has 0 aromatic carbocycles. The molecule has 0 unspecified atom stereocenters. The monoisotopic (exact) mass is 228 g/mol. The molecule has 14 heavy (non-hydrogen) atoms. The molecule has 0 spiro atoms. The van der Waals surface area contributed by atoms with Gasteiger partial charge in [0.15, 0.2) is 0 Å². The zero-order valence-corrected chi connectivity index (χ0v) is 6.74. The van der Waals surface area contributed by atoms with Gasteiger partial charge in [0.1, 0.15) is 6.61 Å². The first-order chi connectivity index (χ1) is 6.08. The molecule has 0 atom stereocenters. The minimum absolute atomic E-state index is 0.189. The van der Waals surface area contributed by atoms with E-state index >= 15 is 0 Å². The summed E-state index contributed by atoms with van der Waals surface area (Å²) in [5.74, 6) is 0. The Balaban J connectivity index is 4.64. The summed E-state index contributed by atoms with van der Waals surface area (Å²) in [6, 6.07) is 0. The van der Waals surface area contributed by atoms with Crippen molar-refractivity contribution in [2.75, 3.05) is 13.7 Å². The molecule has 0 bridgehead atoms. The SMILES string of the molecule is COC(F)(F)C(F)(F)OC(F)(F)CO. The highest BCUT2D eigenvalue weighted by Crippen LogP contribution is 2.39. The number of rotatable bonds is 5. The van der Waals surface area contributed by atoms with E-state index in [2.05, 4.69) is 9.47 Å². The average Bonchev–Trinajstić information content (AvgIpc) is 2.02. The molecule has 0 saturated heterocycles. The zero-order valence-electron chi connectivity index (χ0n) is 6.74. The minimum atomic E-state index is -5.53. The molecule has 1 N–H and O–H groups in total. The van der Waals surface area contributed by atoms with E-state index < -0.39 is 24.9 Å². The first-order valence-electron chi connectivity index (χ1n) is 3.07. The molecule has 0 amide bonds. The number of halogens is 6. The topological polar surface area (TPSA) is 38.7 Å². The molecule has 0 aromatic heterocycles. The van der Waals surface area contributed by atoms with Crippen molar-refractivity contribution < 1.29 is 40.9 Å². The van der Waals surface area contributed by atoms with Crippen LogP contribution in [-0.4, -0.2) is 37.1 Å². The molecule has 3 nitrogen and oxygen atoms in total. The van der Waals surface area contributed by atoms with Gasteiger partial charge in [0, 0.05) is 7.11 Å². The van der Waals surface area contributed by atoms with Gasteiger partial charge in [-0.1, -0.05) is 0 Å². The van der Waals surface area contributed by atoms with Crippen LogP contribution in [0.4, 0.5) is 26.3 Å². The Morgan fingerprint density at radius 2 is 1.43 bits per heavy atom. The van der Waals surface area contributed by atoms with E-state index in [0.29, 0.717) is 0 Å². The predicted octanol–water partition coefficient (Wildman–Crippen LogP) is 1.42. The Labute approximate surface area is 74.2 Å². The van der Waals surface area contributed by atoms with Crippen LogP contribution in [0.3, 0.4) is 0 Å². The van der Waals surface area contributed by atoms with Crippen LogP contribution >= 0.6 is 0 Å². The number of hydrogen-bond acceptors (Lipinski definition) is 3. The van der Waals surface area contributed by atoms with Gasteiger partial charge in [-0.3, -0.25) is 0 Å². The predicted molar refractivity (Wildman–Crippen MR) is 30.0 cm³/mol. The number of methoxy groups -OCH3 is 1. The van der Waals surface area contributed by atoms with E-state index in [0.717, 1.165) is 0 Å². The smallest absolute Gasteiger partial charge is 0.387 e. The quantitative estimate of drug-likeness (QED) is 0.723. The molecular formula is C5H6F6O3. The molecule has 0 aliphatic heterocycles. The molecule has 9 heteroatoms. The lowest BCUT2D eigenvalue weighted by atomic mass is 10.5. The van der Waals surface area contributed by atoms with Gasteiger partial charge in [0.25, 0.3) is 0 Å². The van der Waals surface area contributed by atoms with E-state index in [1.165, 1.54) is 0 Å². The lowest BCUT2D eigenvalue weighted by molar-refractivity contribution is -0.479. The third-order valence-corrected chi connectivity index (χ3v) is 1.06. The van der Waals surface area contributed by atoms with E-state index in [9.17, 15) is 26.3 Å². The molecule has 0 radical (unpaired) electrons. The van der Waals surface area contributed by atoms with Crippen molar-refractivity contribution in [2.45, 2.75) is 18.3 Å². The number of ether oxygens (including phenoxy) is 2. The first kappa shape index (κ1) is 13.5. The summed E-state index contributed by atoms with van der Waals surface area (Å²) >= 11 is 0. The van der Waals surface area contributed by atoms with Crippen molar-refractivity contribution in [3.05, 3.63) is 0 Å². The van der Waals surface area contributed by atoms with Crippen LogP contribution in [0.1, 0.15) is 0 Å². The fraction of sp³-hybridized carbons (Fsp3) is 1.00. The van der Waals surface area contributed by atoms with Gasteiger partial charge in [0.2, 0.25) is 0 Å². The van der Waals surface area contributed by atoms with Crippen LogP contribution in [0.5, 0.6) is 0 Å². The lowest BCUT2D eigenvalue weighted by Gasteiger charge is -2.27. The zero-order chi connectivity index (χ0) is 11.6. The Kier molecular flexibility index (Phi) is 3.76. The second kappa shape index (κ2) is 3.91. The van der Waals surface area contributed by atoms with Crippen LogP contribution in [0.15, 0.2) is 0 Å². The van der Waals surface area contributed by atoms with Gasteiger partial charge in [-0.15, -0.1) is 0 Å². The first-order valence-corrected chi connectivity index (χ1v) is 3.07. The highest BCUT2D eigenvalue weighted by molar-refractivity contribution is 4.68. The number of aliphatic hydroxyl groups excluding tert-OH is 1. The van der Waals surface area contributed by atoms with Crippen molar-refractivity contribution in [3.63, 3.8) is 0 Å². The number of hydrogen-bond donors (Lipinski definition) is 1. The van der Waals surface area contributed by atoms with Crippen LogP contribution in [0.25, 0.3) is 0 Å². The van der Waals surface area contributed by atoms with Crippen LogP contribution in [0, 0.1) is 0 Å². The number of alkyl halides is 6. The fourth-order valence-electron chi connectivity index (χ4n) is 0.398. The molecule has 0 rings (SSSR count). The summed E-state index contributed by atoms with van der Waals surface area (Å²) in [4.78, 5) is 0. The highest BCUT2D eigenvalue weighted by atomic mass is 19.3. The standard InChI is InChI=1S/C5H6F6O3/c1-13-4(8,9)5(10,11)14-3(6,7)2-12/h12H,2H2,1H3. The van der Waals surface area contributed by atoms with Gasteiger partial charge in [-0.25, -0.2) is 4.74 Å². The van der Waals surface area contributed by atoms with Crippen molar-refractivity contribution in [3.8, 4) is 0 Å². The largest absolute Gasteiger partial charge is 0.452 e. The van der Waals surface area contributed by atoms with Gasteiger partial charge in [-0.2, -0.15) is 26.3 Å². The summed E-state index contributed by atoms with van der Waals surface area (Å²) in [6.45, 7) is -2.15. The molecule has 86 valence electrons. The molecule has 0 aromatic rings. The van der Waals surface area contributed by atoms with E-state index in [4.69, 9.17) is 5.11 Å². The highest BCUT2D eigenvalue weighted by Gasteiger charge is 2.63. The normalized spacial score (nSPS) is 14.6. The van der Waals surface area contributed by atoms with Crippen LogP contribution in [-0.2, 0) is 9.47 Å². The Morgan fingerprint density at radius 1 is 1.00 bits per heavy atom. The molecule has 0 aliphatic rings. The second-order valence-corrected chi connectivity index (χ2v) is 2.14. The molecule has 0 aliphatic carbocycles. The van der Waals surface area contributed by atoms with Crippen molar-refractivity contribution in [2.24, 2.45) is 0 Å². The summed E-state index contributed by atoms with van der Waals surface area (Å²) < 4.78 is 77.9. The van der Waals surface area contributed by atoms with Gasteiger partial charge < -0.3 is 9.84 Å². The maximum atomic E-state index is 12.2. The second-order valence-electron chi connectivity index (χ2n) is 2.14. The van der Waals surface area contributed by atoms with E-state index in [-0.39, 0.29) is 7.11 Å².